The van der Waals surface area contributed by atoms with Crippen molar-refractivity contribution in [2.24, 2.45) is 11.8 Å². The fourth-order valence-corrected chi connectivity index (χ4v) is 1.38. The summed E-state index contributed by atoms with van der Waals surface area (Å²) in [6, 6.07) is 9.44. The van der Waals surface area contributed by atoms with Crippen LogP contribution in [0.3, 0.4) is 0 Å². The molecule has 120 valence electrons. The molecule has 2 aromatic heterocycles. The molecule has 0 aliphatic carbocycles. The van der Waals surface area contributed by atoms with E-state index in [0.29, 0.717) is 17.7 Å². The summed E-state index contributed by atoms with van der Waals surface area (Å²) in [5, 5.41) is 0. The Morgan fingerprint density at radius 2 is 1.59 bits per heavy atom. The molecule has 0 aromatic carbocycles. The van der Waals surface area contributed by atoms with Crippen LogP contribution < -0.4 is 9.47 Å². The van der Waals surface area contributed by atoms with E-state index in [2.05, 4.69) is 37.7 Å². The Morgan fingerprint density at radius 3 is 2.14 bits per heavy atom. The lowest BCUT2D eigenvalue weighted by molar-refractivity contribution is 0.261. The maximum absolute atomic E-state index is 5.40. The molecule has 0 bridgehead atoms. The summed E-state index contributed by atoms with van der Waals surface area (Å²) in [4.78, 5) is 7.97. The topological polar surface area (TPSA) is 44.2 Å². The zero-order chi connectivity index (χ0) is 16.2. The highest BCUT2D eigenvalue weighted by atomic mass is 16.5. The Kier molecular flexibility index (Phi) is 8.65. The number of nitrogens with zero attached hydrogens (tertiary/aromatic N) is 2. The van der Waals surface area contributed by atoms with Crippen molar-refractivity contribution in [3.63, 3.8) is 0 Å². The summed E-state index contributed by atoms with van der Waals surface area (Å²) in [5.41, 5.74) is 0. The number of pyridine rings is 2. The van der Waals surface area contributed by atoms with Crippen molar-refractivity contribution in [2.45, 2.75) is 27.7 Å². The van der Waals surface area contributed by atoms with E-state index in [0.717, 1.165) is 19.0 Å². The molecule has 0 saturated heterocycles. The zero-order valence-electron chi connectivity index (χ0n) is 13.9. The molecular weight excluding hydrogens is 276 g/mol. The molecule has 0 N–H and O–H groups in total. The molecule has 4 nitrogen and oxygen atoms in total. The van der Waals surface area contributed by atoms with Gasteiger partial charge in [0, 0.05) is 18.5 Å². The highest BCUT2D eigenvalue weighted by Crippen LogP contribution is 2.07. The molecule has 22 heavy (non-hydrogen) atoms. The minimum absolute atomic E-state index is 0.553. The van der Waals surface area contributed by atoms with Crippen LogP contribution in [0.4, 0.5) is 0 Å². The van der Waals surface area contributed by atoms with Gasteiger partial charge in [-0.15, -0.1) is 0 Å². The first-order chi connectivity index (χ1) is 10.6. The Balaban J connectivity index is 0.000000220. The van der Waals surface area contributed by atoms with Gasteiger partial charge in [-0.1, -0.05) is 33.8 Å². The van der Waals surface area contributed by atoms with Crippen LogP contribution in [0.25, 0.3) is 0 Å². The van der Waals surface area contributed by atoms with Gasteiger partial charge in [0.05, 0.1) is 19.4 Å². The summed E-state index contributed by atoms with van der Waals surface area (Å²) < 4.78 is 10.8. The van der Waals surface area contributed by atoms with E-state index >= 15 is 0 Å². The standard InChI is InChI=1S/2C9H13NO/c1-8(2)7-11-9-4-3-5-10-6-9;1-8(2)7-11-9-5-3-4-6-10-9/h2*3-6,8H,7H2,1-2H3. The van der Waals surface area contributed by atoms with Gasteiger partial charge in [-0.05, 0) is 30.0 Å². The predicted octanol–water partition coefficient (Wildman–Crippen LogP) is 4.23. The highest BCUT2D eigenvalue weighted by molar-refractivity contribution is 5.15. The lowest BCUT2D eigenvalue weighted by Gasteiger charge is -2.06. The number of aromatic nitrogens is 2. The lowest BCUT2D eigenvalue weighted by atomic mass is 10.2. The normalized spacial score (nSPS) is 10.1. The van der Waals surface area contributed by atoms with Crippen LogP contribution in [0.5, 0.6) is 11.6 Å². The fourth-order valence-electron chi connectivity index (χ4n) is 1.38. The molecule has 0 radical (unpaired) electrons. The van der Waals surface area contributed by atoms with E-state index in [1.54, 1.807) is 18.6 Å². The average Bonchev–Trinajstić information content (AvgIpc) is 2.53. The number of ether oxygens (including phenoxy) is 2. The number of hydrogen-bond donors (Lipinski definition) is 0. The summed E-state index contributed by atoms with van der Waals surface area (Å²) in [6.07, 6.45) is 5.19. The summed E-state index contributed by atoms with van der Waals surface area (Å²) in [7, 11) is 0. The maximum atomic E-state index is 5.40. The molecule has 0 spiro atoms. The van der Waals surface area contributed by atoms with Crippen LogP contribution in [-0.4, -0.2) is 23.2 Å². The molecule has 2 aromatic rings. The van der Waals surface area contributed by atoms with Crippen molar-refractivity contribution >= 4 is 0 Å². The Labute approximate surface area is 133 Å². The van der Waals surface area contributed by atoms with Gasteiger partial charge in [0.1, 0.15) is 5.75 Å². The van der Waals surface area contributed by atoms with Gasteiger partial charge in [0.15, 0.2) is 0 Å². The maximum Gasteiger partial charge on any atom is 0.213 e. The molecule has 0 aliphatic heterocycles. The third kappa shape index (κ3) is 8.95. The van der Waals surface area contributed by atoms with Crippen LogP contribution >= 0.6 is 0 Å². The minimum Gasteiger partial charge on any atom is -0.492 e. The van der Waals surface area contributed by atoms with Crippen LogP contribution in [0.2, 0.25) is 0 Å². The van der Waals surface area contributed by atoms with Crippen molar-refractivity contribution in [1.82, 2.24) is 9.97 Å². The smallest absolute Gasteiger partial charge is 0.213 e. The molecule has 0 atom stereocenters. The lowest BCUT2D eigenvalue weighted by Crippen LogP contribution is -2.05. The second-order valence-electron chi connectivity index (χ2n) is 5.77. The highest BCUT2D eigenvalue weighted by Gasteiger charge is 1.95. The van der Waals surface area contributed by atoms with Crippen LogP contribution in [0, 0.1) is 11.8 Å². The van der Waals surface area contributed by atoms with Crippen molar-refractivity contribution in [3.8, 4) is 11.6 Å². The largest absolute Gasteiger partial charge is 0.492 e. The van der Waals surface area contributed by atoms with Crippen molar-refractivity contribution < 1.29 is 9.47 Å². The van der Waals surface area contributed by atoms with Crippen LogP contribution in [-0.2, 0) is 0 Å². The quantitative estimate of drug-likeness (QED) is 0.801. The molecule has 0 aliphatic rings. The fraction of sp³-hybridized carbons (Fsp3) is 0.444. The van der Waals surface area contributed by atoms with Gasteiger partial charge in [-0.25, -0.2) is 4.98 Å². The van der Waals surface area contributed by atoms with Gasteiger partial charge in [0.2, 0.25) is 5.88 Å². The third-order valence-corrected chi connectivity index (χ3v) is 2.42. The van der Waals surface area contributed by atoms with Crippen LogP contribution in [0.15, 0.2) is 48.9 Å². The second kappa shape index (κ2) is 10.6. The number of hydrogen-bond acceptors (Lipinski definition) is 4. The first-order valence-electron chi connectivity index (χ1n) is 7.64. The third-order valence-electron chi connectivity index (χ3n) is 2.42. The molecule has 2 heterocycles. The SMILES string of the molecule is CC(C)COc1ccccn1.CC(C)COc1cccnc1. The monoisotopic (exact) mass is 302 g/mol. The first kappa shape index (κ1) is 18.0. The molecule has 0 saturated carbocycles. The number of rotatable bonds is 6. The Bertz CT molecular complexity index is 439. The average molecular weight is 302 g/mol. The van der Waals surface area contributed by atoms with E-state index in [-0.39, 0.29) is 0 Å². The van der Waals surface area contributed by atoms with E-state index in [1.807, 2.05) is 30.3 Å². The summed E-state index contributed by atoms with van der Waals surface area (Å²) in [5.74, 6) is 2.68. The van der Waals surface area contributed by atoms with Gasteiger partial charge in [-0.2, -0.15) is 0 Å². The Morgan fingerprint density at radius 1 is 0.864 bits per heavy atom. The van der Waals surface area contributed by atoms with E-state index < -0.39 is 0 Å². The minimum atomic E-state index is 0.553. The molecular formula is C18H26N2O2. The van der Waals surface area contributed by atoms with Gasteiger partial charge in [-0.3, -0.25) is 4.98 Å². The van der Waals surface area contributed by atoms with Gasteiger partial charge in [0.25, 0.3) is 0 Å². The van der Waals surface area contributed by atoms with E-state index in [1.165, 1.54) is 0 Å². The summed E-state index contributed by atoms with van der Waals surface area (Å²) in [6.45, 7) is 9.96. The second-order valence-corrected chi connectivity index (χ2v) is 5.77. The van der Waals surface area contributed by atoms with Crippen LogP contribution in [0.1, 0.15) is 27.7 Å². The van der Waals surface area contributed by atoms with Crippen molar-refractivity contribution in [2.75, 3.05) is 13.2 Å². The molecule has 2 rings (SSSR count). The summed E-state index contributed by atoms with van der Waals surface area (Å²) >= 11 is 0. The van der Waals surface area contributed by atoms with Gasteiger partial charge >= 0.3 is 0 Å². The first-order valence-corrected chi connectivity index (χ1v) is 7.64. The van der Waals surface area contributed by atoms with Crippen molar-refractivity contribution in [1.29, 1.82) is 0 Å². The molecule has 4 heteroatoms. The van der Waals surface area contributed by atoms with E-state index in [4.69, 9.17) is 9.47 Å². The predicted molar refractivity (Wildman–Crippen MR) is 89.1 cm³/mol. The van der Waals surface area contributed by atoms with E-state index in [9.17, 15) is 0 Å². The molecule has 0 fully saturated rings. The Hall–Kier alpha value is -2.10. The van der Waals surface area contributed by atoms with Crippen molar-refractivity contribution in [3.05, 3.63) is 48.9 Å². The molecule has 0 amide bonds. The van der Waals surface area contributed by atoms with Gasteiger partial charge < -0.3 is 9.47 Å². The molecule has 0 unspecified atom stereocenters. The zero-order valence-corrected chi connectivity index (χ0v) is 13.9.